The zero-order chi connectivity index (χ0) is 15.2. The van der Waals surface area contributed by atoms with Crippen LogP contribution in [0.15, 0.2) is 34.2 Å². The maximum Gasteiger partial charge on any atom is 0.273 e. The zero-order valence-corrected chi connectivity index (χ0v) is 11.8. The van der Waals surface area contributed by atoms with Crippen LogP contribution in [0.1, 0.15) is 11.3 Å². The molecule has 0 fully saturated rings. The fourth-order valence-electron chi connectivity index (χ4n) is 1.70. The van der Waals surface area contributed by atoms with Crippen LogP contribution in [0.2, 0.25) is 0 Å². The van der Waals surface area contributed by atoms with Crippen LogP contribution < -0.4 is 11.3 Å². The first-order valence-corrected chi connectivity index (χ1v) is 7.11. The second-order valence-electron chi connectivity index (χ2n) is 4.11. The number of aromatic nitrogens is 3. The van der Waals surface area contributed by atoms with Crippen molar-refractivity contribution < 1.29 is 4.92 Å². The van der Waals surface area contributed by atoms with Crippen molar-refractivity contribution in [1.29, 1.82) is 0 Å². The van der Waals surface area contributed by atoms with Gasteiger partial charge in [-0.3, -0.25) is 19.9 Å². The zero-order valence-electron chi connectivity index (χ0n) is 11.0. The van der Waals surface area contributed by atoms with Crippen LogP contribution in [0, 0.1) is 10.1 Å². The van der Waals surface area contributed by atoms with Gasteiger partial charge in [0, 0.05) is 30.3 Å². The molecule has 0 amide bonds. The van der Waals surface area contributed by atoms with Crippen LogP contribution in [0.3, 0.4) is 0 Å². The van der Waals surface area contributed by atoms with Gasteiger partial charge < -0.3 is 5.73 Å². The Balaban J connectivity index is 2.24. The number of hydrogen-bond donors (Lipinski definition) is 2. The summed E-state index contributed by atoms with van der Waals surface area (Å²) in [6.45, 7) is 0.465. The number of H-pyrrole nitrogens is 1. The van der Waals surface area contributed by atoms with Crippen molar-refractivity contribution in [2.24, 2.45) is 5.73 Å². The summed E-state index contributed by atoms with van der Waals surface area (Å²) >= 11 is 1.30. The molecule has 1 aromatic heterocycles. The van der Waals surface area contributed by atoms with Gasteiger partial charge >= 0.3 is 0 Å². The lowest BCUT2D eigenvalue weighted by Gasteiger charge is -2.02. The standard InChI is InChI=1S/C12H13N5O3S/c13-5-6-21-12-14-11(18)9(15-16-12)7-8-3-1-2-4-10(8)17(19)20/h1-4H,5-7,13H2,(H,14,16,18). The van der Waals surface area contributed by atoms with Gasteiger partial charge in [0.1, 0.15) is 5.69 Å². The summed E-state index contributed by atoms with van der Waals surface area (Å²) < 4.78 is 0. The summed E-state index contributed by atoms with van der Waals surface area (Å²) in [5.41, 5.74) is 5.49. The maximum atomic E-state index is 11.9. The molecule has 0 saturated carbocycles. The molecule has 0 bridgehead atoms. The van der Waals surface area contributed by atoms with Crippen LogP contribution in [0.4, 0.5) is 5.69 Å². The van der Waals surface area contributed by atoms with Crippen LogP contribution in [-0.2, 0) is 6.42 Å². The Kier molecular flexibility index (Phi) is 5.01. The topological polar surface area (TPSA) is 128 Å². The van der Waals surface area contributed by atoms with Crippen molar-refractivity contribution in [3.8, 4) is 0 Å². The second-order valence-corrected chi connectivity index (χ2v) is 5.19. The third kappa shape index (κ3) is 3.86. The average molecular weight is 307 g/mol. The van der Waals surface area contributed by atoms with E-state index in [1.165, 1.54) is 17.8 Å². The molecule has 0 unspecified atom stereocenters. The van der Waals surface area contributed by atoms with E-state index >= 15 is 0 Å². The van der Waals surface area contributed by atoms with Gasteiger partial charge in [-0.15, -0.1) is 10.2 Å². The molecule has 110 valence electrons. The van der Waals surface area contributed by atoms with Gasteiger partial charge in [-0.25, -0.2) is 0 Å². The highest BCUT2D eigenvalue weighted by Gasteiger charge is 2.15. The minimum absolute atomic E-state index is 0.0414. The van der Waals surface area contributed by atoms with E-state index < -0.39 is 10.5 Å². The number of aromatic amines is 1. The molecular formula is C12H13N5O3S. The van der Waals surface area contributed by atoms with Gasteiger partial charge in [0.05, 0.1) is 4.92 Å². The Morgan fingerprint density at radius 2 is 2.10 bits per heavy atom. The smallest absolute Gasteiger partial charge is 0.273 e. The largest absolute Gasteiger partial charge is 0.330 e. The van der Waals surface area contributed by atoms with Gasteiger partial charge in [0.25, 0.3) is 11.2 Å². The van der Waals surface area contributed by atoms with Crippen LogP contribution in [0.25, 0.3) is 0 Å². The number of benzene rings is 1. The molecule has 3 N–H and O–H groups in total. The SMILES string of the molecule is NCCSc1nnc(Cc2ccccc2[N+](=O)[O-])c(=O)[nH]1. The number of para-hydroxylation sites is 1. The summed E-state index contributed by atoms with van der Waals surface area (Å²) in [6.07, 6.45) is 0.0569. The third-order valence-corrected chi connectivity index (χ3v) is 3.54. The average Bonchev–Trinajstić information content (AvgIpc) is 2.48. The van der Waals surface area contributed by atoms with E-state index in [4.69, 9.17) is 5.73 Å². The van der Waals surface area contributed by atoms with Gasteiger partial charge in [-0.2, -0.15) is 0 Å². The number of nitro benzene ring substituents is 1. The number of nitro groups is 1. The molecule has 0 aliphatic rings. The molecule has 21 heavy (non-hydrogen) atoms. The quantitative estimate of drug-likeness (QED) is 0.457. The van der Waals surface area contributed by atoms with Crippen LogP contribution in [0.5, 0.6) is 0 Å². The van der Waals surface area contributed by atoms with E-state index in [1.54, 1.807) is 18.2 Å². The fraction of sp³-hybridized carbons (Fsp3) is 0.250. The van der Waals surface area contributed by atoms with Crippen LogP contribution in [-0.4, -0.2) is 32.4 Å². The first-order valence-electron chi connectivity index (χ1n) is 6.13. The highest BCUT2D eigenvalue weighted by molar-refractivity contribution is 7.99. The van der Waals surface area contributed by atoms with Crippen molar-refractivity contribution in [3.05, 3.63) is 56.0 Å². The molecule has 0 saturated heterocycles. The van der Waals surface area contributed by atoms with Gasteiger partial charge in [-0.1, -0.05) is 30.0 Å². The summed E-state index contributed by atoms with van der Waals surface area (Å²) in [6, 6.07) is 6.23. The minimum atomic E-state index is -0.484. The number of nitrogens with one attached hydrogen (secondary N) is 1. The van der Waals surface area contributed by atoms with Crippen molar-refractivity contribution in [2.45, 2.75) is 11.6 Å². The number of hydrogen-bond acceptors (Lipinski definition) is 7. The molecule has 0 aliphatic heterocycles. The molecular weight excluding hydrogens is 294 g/mol. The van der Waals surface area contributed by atoms with Crippen molar-refractivity contribution in [1.82, 2.24) is 15.2 Å². The van der Waals surface area contributed by atoms with Gasteiger partial charge in [0.2, 0.25) is 0 Å². The number of rotatable bonds is 6. The maximum absolute atomic E-state index is 11.9. The summed E-state index contributed by atoms with van der Waals surface area (Å²) in [4.78, 5) is 25.0. The Labute approximate surface area is 123 Å². The van der Waals surface area contributed by atoms with E-state index in [9.17, 15) is 14.9 Å². The highest BCUT2D eigenvalue weighted by atomic mass is 32.2. The monoisotopic (exact) mass is 307 g/mol. The lowest BCUT2D eigenvalue weighted by Crippen LogP contribution is -2.18. The Morgan fingerprint density at radius 1 is 1.33 bits per heavy atom. The highest BCUT2D eigenvalue weighted by Crippen LogP contribution is 2.19. The molecule has 1 heterocycles. The fourth-order valence-corrected chi connectivity index (χ4v) is 2.28. The molecule has 0 spiro atoms. The van der Waals surface area contributed by atoms with E-state index in [1.807, 2.05) is 0 Å². The van der Waals surface area contributed by atoms with E-state index in [2.05, 4.69) is 15.2 Å². The normalized spacial score (nSPS) is 10.5. The molecule has 2 rings (SSSR count). The van der Waals surface area contributed by atoms with Crippen molar-refractivity contribution in [3.63, 3.8) is 0 Å². The number of nitrogens with zero attached hydrogens (tertiary/aromatic N) is 3. The molecule has 0 atom stereocenters. The van der Waals surface area contributed by atoms with E-state index in [-0.39, 0.29) is 17.8 Å². The van der Waals surface area contributed by atoms with Crippen molar-refractivity contribution >= 4 is 17.4 Å². The predicted octanol–water partition coefficient (Wildman–Crippen LogP) is 0.715. The Morgan fingerprint density at radius 3 is 2.76 bits per heavy atom. The van der Waals surface area contributed by atoms with Gasteiger partial charge in [-0.05, 0) is 0 Å². The Hall–Kier alpha value is -2.26. The molecule has 9 heteroatoms. The first-order chi connectivity index (χ1) is 10.1. The summed E-state index contributed by atoms with van der Waals surface area (Å²) in [5.74, 6) is 0.619. The second kappa shape index (κ2) is 6.95. The first kappa shape index (κ1) is 15.1. The van der Waals surface area contributed by atoms with Gasteiger partial charge in [0.15, 0.2) is 5.16 Å². The van der Waals surface area contributed by atoms with E-state index in [0.29, 0.717) is 23.0 Å². The van der Waals surface area contributed by atoms with Crippen LogP contribution >= 0.6 is 11.8 Å². The predicted molar refractivity (Wildman–Crippen MR) is 78.3 cm³/mol. The molecule has 0 aliphatic carbocycles. The summed E-state index contributed by atoms with van der Waals surface area (Å²) in [5, 5.41) is 19.1. The lowest BCUT2D eigenvalue weighted by atomic mass is 10.1. The van der Waals surface area contributed by atoms with E-state index in [0.717, 1.165) is 0 Å². The summed E-state index contributed by atoms with van der Waals surface area (Å²) in [7, 11) is 0. The molecule has 1 aromatic carbocycles. The number of thioether (sulfide) groups is 1. The number of nitrogens with two attached hydrogens (primary N) is 1. The Bertz CT molecular complexity index is 703. The van der Waals surface area contributed by atoms with Crippen molar-refractivity contribution in [2.75, 3.05) is 12.3 Å². The molecule has 0 radical (unpaired) electrons. The molecule has 2 aromatic rings. The third-order valence-electron chi connectivity index (χ3n) is 2.65. The molecule has 8 nitrogen and oxygen atoms in total. The minimum Gasteiger partial charge on any atom is -0.330 e. The lowest BCUT2D eigenvalue weighted by molar-refractivity contribution is -0.385.